The Balaban J connectivity index is 1.45. The summed E-state index contributed by atoms with van der Waals surface area (Å²) in [5.74, 6) is 2.03. The molecule has 5 rings (SSSR count). The van der Waals surface area contributed by atoms with Gasteiger partial charge in [0.25, 0.3) is 0 Å². The molecule has 4 nitrogen and oxygen atoms in total. The zero-order valence-electron chi connectivity index (χ0n) is 12.2. The number of thiazole rings is 1. The van der Waals surface area contributed by atoms with Crippen molar-refractivity contribution in [1.82, 2.24) is 4.98 Å². The second-order valence-corrected chi connectivity index (χ2v) is 8.22. The lowest BCUT2D eigenvalue weighted by Gasteiger charge is -2.56. The van der Waals surface area contributed by atoms with Crippen LogP contribution >= 0.6 is 11.3 Å². The number of aliphatic carboxylic acids is 1. The second-order valence-electron chi connectivity index (χ2n) is 7.36. The molecule has 0 unspecified atom stereocenters. The van der Waals surface area contributed by atoms with Gasteiger partial charge in [0.1, 0.15) is 0 Å². The normalized spacial score (nSPS) is 36.9. The Labute approximate surface area is 129 Å². The van der Waals surface area contributed by atoms with Crippen molar-refractivity contribution in [2.75, 3.05) is 5.32 Å². The summed E-state index contributed by atoms with van der Waals surface area (Å²) >= 11 is 1.64. The standard InChI is InChI=1S/C16H22N2O2S/c19-14(20)2-1-13-9-21-15(17-13)18-16-6-10-3-11(7-16)5-12(4-10)8-16/h9-12H,1-8H2,(H,17,18)(H,19,20). The van der Waals surface area contributed by atoms with Crippen LogP contribution in [-0.2, 0) is 11.2 Å². The fraction of sp³-hybridized carbons (Fsp3) is 0.750. The van der Waals surface area contributed by atoms with Gasteiger partial charge in [-0.15, -0.1) is 11.3 Å². The molecule has 114 valence electrons. The summed E-state index contributed by atoms with van der Waals surface area (Å²) in [7, 11) is 0. The minimum absolute atomic E-state index is 0.167. The summed E-state index contributed by atoms with van der Waals surface area (Å²) in [6.07, 6.45) is 8.97. The van der Waals surface area contributed by atoms with Crippen molar-refractivity contribution in [3.05, 3.63) is 11.1 Å². The fourth-order valence-electron chi connectivity index (χ4n) is 5.20. The maximum atomic E-state index is 10.6. The highest BCUT2D eigenvalue weighted by Crippen LogP contribution is 2.56. The number of hydrogen-bond acceptors (Lipinski definition) is 4. The van der Waals surface area contributed by atoms with Crippen molar-refractivity contribution < 1.29 is 9.90 Å². The largest absolute Gasteiger partial charge is 0.481 e. The molecule has 1 aromatic heterocycles. The number of carboxylic acid groups (broad SMARTS) is 1. The van der Waals surface area contributed by atoms with Gasteiger partial charge >= 0.3 is 5.97 Å². The predicted molar refractivity (Wildman–Crippen MR) is 82.6 cm³/mol. The van der Waals surface area contributed by atoms with Gasteiger partial charge in [0, 0.05) is 17.3 Å². The van der Waals surface area contributed by atoms with Crippen molar-refractivity contribution in [1.29, 1.82) is 0 Å². The number of carboxylic acids is 1. The van der Waals surface area contributed by atoms with E-state index in [1.165, 1.54) is 38.5 Å². The van der Waals surface area contributed by atoms with E-state index in [1.54, 1.807) is 11.3 Å². The molecule has 4 saturated carbocycles. The highest BCUT2D eigenvalue weighted by molar-refractivity contribution is 7.13. The lowest BCUT2D eigenvalue weighted by atomic mass is 9.53. The zero-order chi connectivity index (χ0) is 14.4. The van der Waals surface area contributed by atoms with Gasteiger partial charge in [0.2, 0.25) is 0 Å². The fourth-order valence-corrected chi connectivity index (χ4v) is 6.07. The molecule has 2 N–H and O–H groups in total. The van der Waals surface area contributed by atoms with Gasteiger partial charge in [-0.05, 0) is 56.3 Å². The summed E-state index contributed by atoms with van der Waals surface area (Å²) in [4.78, 5) is 15.2. The molecule has 0 spiro atoms. The van der Waals surface area contributed by atoms with E-state index < -0.39 is 5.97 Å². The molecule has 0 radical (unpaired) electrons. The van der Waals surface area contributed by atoms with E-state index in [2.05, 4.69) is 10.3 Å². The molecule has 21 heavy (non-hydrogen) atoms. The lowest BCUT2D eigenvalue weighted by molar-refractivity contribution is -0.136. The van der Waals surface area contributed by atoms with Gasteiger partial charge in [-0.25, -0.2) is 4.98 Å². The van der Waals surface area contributed by atoms with Gasteiger partial charge in [0.15, 0.2) is 5.13 Å². The minimum Gasteiger partial charge on any atom is -0.481 e. The molecule has 4 fully saturated rings. The van der Waals surface area contributed by atoms with E-state index in [-0.39, 0.29) is 12.0 Å². The first-order chi connectivity index (χ1) is 10.1. The average Bonchev–Trinajstić information content (AvgIpc) is 2.81. The van der Waals surface area contributed by atoms with Crippen molar-refractivity contribution in [2.45, 2.75) is 56.9 Å². The second kappa shape index (κ2) is 4.97. The van der Waals surface area contributed by atoms with Crippen LogP contribution in [-0.4, -0.2) is 21.6 Å². The first-order valence-electron chi connectivity index (χ1n) is 8.05. The van der Waals surface area contributed by atoms with Crippen LogP contribution in [0.3, 0.4) is 0 Å². The minimum atomic E-state index is -0.751. The van der Waals surface area contributed by atoms with Crippen molar-refractivity contribution in [3.8, 4) is 0 Å². The van der Waals surface area contributed by atoms with E-state index >= 15 is 0 Å². The van der Waals surface area contributed by atoms with E-state index in [9.17, 15) is 4.79 Å². The Bertz CT molecular complexity index is 519. The van der Waals surface area contributed by atoms with Gasteiger partial charge in [-0.1, -0.05) is 0 Å². The molecule has 0 aliphatic heterocycles. The zero-order valence-corrected chi connectivity index (χ0v) is 13.0. The number of aryl methyl sites for hydroxylation is 1. The van der Waals surface area contributed by atoms with E-state index in [1.807, 2.05) is 5.38 Å². The van der Waals surface area contributed by atoms with Crippen LogP contribution in [0, 0.1) is 17.8 Å². The number of nitrogens with zero attached hydrogens (tertiary/aromatic N) is 1. The molecule has 0 aromatic carbocycles. The maximum absolute atomic E-state index is 10.6. The maximum Gasteiger partial charge on any atom is 0.303 e. The van der Waals surface area contributed by atoms with E-state index in [4.69, 9.17) is 5.11 Å². The molecular weight excluding hydrogens is 284 g/mol. The van der Waals surface area contributed by atoms with Crippen LogP contribution in [0.15, 0.2) is 5.38 Å². The van der Waals surface area contributed by atoms with Crippen LogP contribution in [0.1, 0.15) is 50.6 Å². The van der Waals surface area contributed by atoms with Crippen LogP contribution in [0.5, 0.6) is 0 Å². The number of hydrogen-bond donors (Lipinski definition) is 2. The Morgan fingerprint density at radius 1 is 1.29 bits per heavy atom. The van der Waals surface area contributed by atoms with Gasteiger partial charge in [0.05, 0.1) is 12.1 Å². The molecule has 0 saturated heterocycles. The van der Waals surface area contributed by atoms with Crippen molar-refractivity contribution in [2.24, 2.45) is 17.8 Å². The van der Waals surface area contributed by atoms with E-state index in [0.29, 0.717) is 6.42 Å². The molecule has 4 bridgehead atoms. The Morgan fingerprint density at radius 3 is 2.48 bits per heavy atom. The number of aromatic nitrogens is 1. The molecular formula is C16H22N2O2S. The van der Waals surface area contributed by atoms with Gasteiger partial charge < -0.3 is 10.4 Å². The van der Waals surface area contributed by atoms with Crippen LogP contribution in [0.4, 0.5) is 5.13 Å². The summed E-state index contributed by atoms with van der Waals surface area (Å²) in [6, 6.07) is 0. The lowest BCUT2D eigenvalue weighted by Crippen LogP contribution is -2.54. The Kier molecular flexibility index (Phi) is 3.21. The Hall–Kier alpha value is -1.10. The summed E-state index contributed by atoms with van der Waals surface area (Å²) < 4.78 is 0. The third kappa shape index (κ3) is 2.68. The topological polar surface area (TPSA) is 62.2 Å². The molecule has 4 aliphatic rings. The summed E-state index contributed by atoms with van der Waals surface area (Å²) in [6.45, 7) is 0. The number of rotatable bonds is 5. The average molecular weight is 306 g/mol. The Morgan fingerprint density at radius 2 is 1.90 bits per heavy atom. The number of carbonyl (C=O) groups is 1. The molecule has 5 heteroatoms. The molecule has 0 atom stereocenters. The number of nitrogens with one attached hydrogen (secondary N) is 1. The predicted octanol–water partition coefficient (Wildman–Crippen LogP) is 3.54. The quantitative estimate of drug-likeness (QED) is 0.873. The van der Waals surface area contributed by atoms with Crippen molar-refractivity contribution in [3.63, 3.8) is 0 Å². The first-order valence-corrected chi connectivity index (χ1v) is 8.93. The number of anilines is 1. The highest BCUT2D eigenvalue weighted by atomic mass is 32.1. The van der Waals surface area contributed by atoms with Crippen LogP contribution < -0.4 is 5.32 Å². The third-order valence-corrected chi connectivity index (χ3v) is 6.36. The van der Waals surface area contributed by atoms with Gasteiger partial charge in [-0.3, -0.25) is 4.79 Å². The SMILES string of the molecule is O=C(O)CCc1csc(NC23CC4CC(CC(C4)C2)C3)n1. The molecule has 1 aromatic rings. The highest BCUT2D eigenvalue weighted by Gasteiger charge is 2.51. The van der Waals surface area contributed by atoms with Crippen molar-refractivity contribution >= 4 is 22.4 Å². The molecule has 1 heterocycles. The first kappa shape index (κ1) is 13.6. The molecule has 4 aliphatic carbocycles. The summed E-state index contributed by atoms with van der Waals surface area (Å²) in [5.41, 5.74) is 1.20. The van der Waals surface area contributed by atoms with Crippen LogP contribution in [0.2, 0.25) is 0 Å². The van der Waals surface area contributed by atoms with Gasteiger partial charge in [-0.2, -0.15) is 0 Å². The monoisotopic (exact) mass is 306 g/mol. The third-order valence-electron chi connectivity index (χ3n) is 5.56. The van der Waals surface area contributed by atoms with Crippen LogP contribution in [0.25, 0.3) is 0 Å². The summed E-state index contributed by atoms with van der Waals surface area (Å²) in [5, 5.41) is 15.5. The smallest absolute Gasteiger partial charge is 0.303 e. The van der Waals surface area contributed by atoms with E-state index in [0.717, 1.165) is 28.6 Å². The molecule has 0 amide bonds.